The second-order valence-electron chi connectivity index (χ2n) is 6.06. The molecule has 1 N–H and O–H groups in total. The molecule has 2 rings (SSSR count). The SMILES string of the molecule is CCOC(=O)C1=C(C)NC(C)=C(C(=O)OC)C1C1C=CC=C([N+](=O)[O-])C1. The lowest BCUT2D eigenvalue weighted by atomic mass is 9.73. The van der Waals surface area contributed by atoms with Crippen LogP contribution in [0.4, 0.5) is 0 Å². The molecule has 0 bridgehead atoms. The van der Waals surface area contributed by atoms with Gasteiger partial charge in [-0.15, -0.1) is 0 Å². The lowest BCUT2D eigenvalue weighted by Gasteiger charge is -2.34. The van der Waals surface area contributed by atoms with Crippen LogP contribution in [0, 0.1) is 22.0 Å². The largest absolute Gasteiger partial charge is 0.466 e. The standard InChI is InChI=1S/C18H22N2O6/c1-5-26-18(22)15-11(3)19-10(2)14(17(21)25-4)16(15)12-7-6-8-13(9-12)20(23)24/h6-8,12,16,19H,5,9H2,1-4H3. The molecule has 0 amide bonds. The van der Waals surface area contributed by atoms with Crippen molar-refractivity contribution in [3.05, 3.63) is 56.6 Å². The van der Waals surface area contributed by atoms with Gasteiger partial charge in [0.1, 0.15) is 0 Å². The van der Waals surface area contributed by atoms with Crippen molar-refractivity contribution in [3.8, 4) is 0 Å². The minimum absolute atomic E-state index is 0.0266. The summed E-state index contributed by atoms with van der Waals surface area (Å²) in [5, 5.41) is 14.2. The van der Waals surface area contributed by atoms with Crippen molar-refractivity contribution in [1.29, 1.82) is 0 Å². The summed E-state index contributed by atoms with van der Waals surface area (Å²) >= 11 is 0. The lowest BCUT2D eigenvalue weighted by molar-refractivity contribution is -0.429. The highest BCUT2D eigenvalue weighted by molar-refractivity contribution is 5.98. The number of nitro groups is 1. The number of esters is 2. The zero-order valence-electron chi connectivity index (χ0n) is 15.2. The summed E-state index contributed by atoms with van der Waals surface area (Å²) in [5.41, 5.74) is 1.71. The number of allylic oxidation sites excluding steroid dienone is 6. The van der Waals surface area contributed by atoms with Crippen LogP contribution in [-0.2, 0) is 19.1 Å². The fourth-order valence-corrected chi connectivity index (χ4v) is 3.39. The summed E-state index contributed by atoms with van der Waals surface area (Å²) in [5.74, 6) is -2.27. The monoisotopic (exact) mass is 362 g/mol. The second-order valence-corrected chi connectivity index (χ2v) is 6.06. The van der Waals surface area contributed by atoms with E-state index in [0.717, 1.165) is 0 Å². The highest BCUT2D eigenvalue weighted by Crippen LogP contribution is 2.40. The molecule has 2 unspecified atom stereocenters. The summed E-state index contributed by atoms with van der Waals surface area (Å²) in [4.78, 5) is 35.7. The van der Waals surface area contributed by atoms with E-state index in [-0.39, 0.29) is 29.9 Å². The third kappa shape index (κ3) is 3.68. The van der Waals surface area contributed by atoms with Gasteiger partial charge >= 0.3 is 11.9 Å². The van der Waals surface area contributed by atoms with Gasteiger partial charge in [-0.3, -0.25) is 10.1 Å². The van der Waals surface area contributed by atoms with Crippen molar-refractivity contribution < 1.29 is 24.0 Å². The van der Waals surface area contributed by atoms with Gasteiger partial charge in [0.2, 0.25) is 5.70 Å². The highest BCUT2D eigenvalue weighted by atomic mass is 16.6. The van der Waals surface area contributed by atoms with Crippen LogP contribution in [-0.4, -0.2) is 30.6 Å². The number of methoxy groups -OCH3 is 1. The van der Waals surface area contributed by atoms with E-state index in [1.807, 2.05) is 0 Å². The van der Waals surface area contributed by atoms with Gasteiger partial charge < -0.3 is 14.8 Å². The molecule has 1 aliphatic carbocycles. The highest BCUT2D eigenvalue weighted by Gasteiger charge is 2.42. The number of carbonyl (C=O) groups excluding carboxylic acids is 2. The Morgan fingerprint density at radius 2 is 1.88 bits per heavy atom. The Kier molecular flexibility index (Phi) is 5.97. The van der Waals surface area contributed by atoms with Crippen LogP contribution in [0.1, 0.15) is 27.2 Å². The fourth-order valence-electron chi connectivity index (χ4n) is 3.39. The number of rotatable bonds is 5. The Morgan fingerprint density at radius 1 is 1.27 bits per heavy atom. The number of hydrogen-bond acceptors (Lipinski definition) is 7. The van der Waals surface area contributed by atoms with Gasteiger partial charge in [0.25, 0.3) is 0 Å². The minimum atomic E-state index is -0.692. The number of hydrogen-bond donors (Lipinski definition) is 1. The van der Waals surface area contributed by atoms with Gasteiger partial charge in [-0.2, -0.15) is 0 Å². The van der Waals surface area contributed by atoms with Gasteiger partial charge in [-0.25, -0.2) is 9.59 Å². The quantitative estimate of drug-likeness (QED) is 0.454. The maximum Gasteiger partial charge on any atom is 0.336 e. The Bertz CT molecular complexity index is 760. The Balaban J connectivity index is 2.54. The third-order valence-corrected chi connectivity index (χ3v) is 4.46. The Labute approximate surface area is 151 Å². The first kappa shape index (κ1) is 19.4. The molecule has 0 aromatic heterocycles. The molecule has 0 aromatic carbocycles. The number of nitrogens with one attached hydrogen (secondary N) is 1. The normalized spacial score (nSPS) is 22.5. The molecule has 8 nitrogen and oxygen atoms in total. The van der Waals surface area contributed by atoms with Crippen LogP contribution in [0.2, 0.25) is 0 Å². The average Bonchev–Trinajstić information content (AvgIpc) is 2.60. The molecule has 0 fully saturated rings. The molecule has 0 aromatic rings. The van der Waals surface area contributed by atoms with E-state index < -0.39 is 28.7 Å². The molecule has 140 valence electrons. The van der Waals surface area contributed by atoms with Crippen molar-refractivity contribution in [1.82, 2.24) is 5.32 Å². The average molecular weight is 362 g/mol. The van der Waals surface area contributed by atoms with E-state index in [4.69, 9.17) is 9.47 Å². The van der Waals surface area contributed by atoms with Gasteiger partial charge in [0.15, 0.2) is 0 Å². The first-order valence-electron chi connectivity index (χ1n) is 8.27. The van der Waals surface area contributed by atoms with E-state index in [0.29, 0.717) is 11.4 Å². The molecule has 2 atom stereocenters. The van der Waals surface area contributed by atoms with Gasteiger partial charge in [-0.1, -0.05) is 12.2 Å². The zero-order valence-corrected chi connectivity index (χ0v) is 15.2. The Morgan fingerprint density at radius 3 is 2.42 bits per heavy atom. The smallest absolute Gasteiger partial charge is 0.336 e. The van der Waals surface area contributed by atoms with E-state index >= 15 is 0 Å². The predicted octanol–water partition coefficient (Wildman–Crippen LogP) is 2.23. The molecular formula is C18H22N2O6. The van der Waals surface area contributed by atoms with Crippen molar-refractivity contribution in [3.63, 3.8) is 0 Å². The second kappa shape index (κ2) is 7.99. The number of dihydropyridines is 1. The van der Waals surface area contributed by atoms with Crippen LogP contribution in [0.3, 0.4) is 0 Å². The first-order chi connectivity index (χ1) is 12.3. The number of ether oxygens (including phenoxy) is 2. The molecule has 2 aliphatic rings. The molecular weight excluding hydrogens is 340 g/mol. The van der Waals surface area contributed by atoms with Crippen molar-refractivity contribution in [2.75, 3.05) is 13.7 Å². The molecule has 26 heavy (non-hydrogen) atoms. The van der Waals surface area contributed by atoms with E-state index in [1.54, 1.807) is 32.9 Å². The summed E-state index contributed by atoms with van der Waals surface area (Å²) in [7, 11) is 1.26. The third-order valence-electron chi connectivity index (χ3n) is 4.46. The summed E-state index contributed by atoms with van der Waals surface area (Å²) in [6, 6.07) is 0. The van der Waals surface area contributed by atoms with Crippen LogP contribution in [0.25, 0.3) is 0 Å². The molecule has 1 heterocycles. The van der Waals surface area contributed by atoms with E-state index in [9.17, 15) is 19.7 Å². The first-order valence-corrected chi connectivity index (χ1v) is 8.27. The van der Waals surface area contributed by atoms with E-state index in [1.165, 1.54) is 13.2 Å². The summed E-state index contributed by atoms with van der Waals surface area (Å²) in [6.07, 6.45) is 4.87. The predicted molar refractivity (Wildman–Crippen MR) is 93.0 cm³/mol. The van der Waals surface area contributed by atoms with Crippen LogP contribution >= 0.6 is 0 Å². The van der Waals surface area contributed by atoms with Crippen LogP contribution in [0.5, 0.6) is 0 Å². The lowest BCUT2D eigenvalue weighted by Crippen LogP contribution is -2.37. The van der Waals surface area contributed by atoms with Crippen LogP contribution in [0.15, 0.2) is 46.5 Å². The van der Waals surface area contributed by atoms with Gasteiger partial charge in [-0.05, 0) is 26.7 Å². The summed E-state index contributed by atoms with van der Waals surface area (Å²) < 4.78 is 10.1. The molecule has 0 saturated heterocycles. The Hall–Kier alpha value is -2.90. The zero-order chi connectivity index (χ0) is 19.4. The molecule has 8 heteroatoms. The van der Waals surface area contributed by atoms with E-state index in [2.05, 4.69) is 5.32 Å². The topological polar surface area (TPSA) is 108 Å². The van der Waals surface area contributed by atoms with Crippen molar-refractivity contribution >= 4 is 11.9 Å². The summed E-state index contributed by atoms with van der Waals surface area (Å²) in [6.45, 7) is 5.30. The maximum absolute atomic E-state index is 12.6. The molecule has 0 radical (unpaired) electrons. The molecule has 0 saturated carbocycles. The molecule has 1 aliphatic heterocycles. The fraction of sp³-hybridized carbons (Fsp3) is 0.444. The minimum Gasteiger partial charge on any atom is -0.466 e. The van der Waals surface area contributed by atoms with Crippen molar-refractivity contribution in [2.45, 2.75) is 27.2 Å². The number of nitrogens with zero attached hydrogens (tertiary/aromatic N) is 1. The number of carbonyl (C=O) groups is 2. The van der Waals surface area contributed by atoms with Gasteiger partial charge in [0, 0.05) is 29.8 Å². The van der Waals surface area contributed by atoms with Gasteiger partial charge in [0.05, 0.1) is 29.8 Å². The molecule has 0 spiro atoms. The van der Waals surface area contributed by atoms with Crippen LogP contribution < -0.4 is 5.32 Å². The van der Waals surface area contributed by atoms with Crippen molar-refractivity contribution in [2.24, 2.45) is 11.8 Å². The maximum atomic E-state index is 12.6.